The Kier molecular flexibility index (Phi) is 6.58. The normalized spacial score (nSPS) is 10.3. The molecule has 0 aromatic heterocycles. The van der Waals surface area contributed by atoms with E-state index in [4.69, 9.17) is 4.74 Å². The maximum atomic E-state index is 13.9. The third kappa shape index (κ3) is 4.99. The fraction of sp³-hybridized carbons (Fsp3) is 0.130. The van der Waals surface area contributed by atoms with Gasteiger partial charge in [-0.25, -0.2) is 4.39 Å². The maximum absolute atomic E-state index is 13.9. The summed E-state index contributed by atoms with van der Waals surface area (Å²) < 4.78 is 19.2. The van der Waals surface area contributed by atoms with Gasteiger partial charge in [-0.05, 0) is 36.2 Å². The fourth-order valence-electron chi connectivity index (χ4n) is 2.91. The Morgan fingerprint density at radius 1 is 0.862 bits per heavy atom. The van der Waals surface area contributed by atoms with E-state index in [1.54, 1.807) is 24.3 Å². The van der Waals surface area contributed by atoms with E-state index in [2.05, 4.69) is 10.6 Å². The highest BCUT2D eigenvalue weighted by Crippen LogP contribution is 2.29. The van der Waals surface area contributed by atoms with Crippen molar-refractivity contribution in [1.82, 2.24) is 5.32 Å². The molecular weight excluding hydrogens is 371 g/mol. The molecule has 6 heteroatoms. The molecule has 0 unspecified atom stereocenters. The molecule has 148 valence electrons. The van der Waals surface area contributed by atoms with Crippen molar-refractivity contribution in [2.75, 3.05) is 19.0 Å². The number of hydrogen-bond donors (Lipinski definition) is 2. The zero-order chi connectivity index (χ0) is 20.6. The van der Waals surface area contributed by atoms with Crippen LogP contribution in [-0.2, 0) is 6.42 Å². The Morgan fingerprint density at radius 3 is 2.28 bits per heavy atom. The highest BCUT2D eigenvalue weighted by atomic mass is 19.1. The third-order valence-electron chi connectivity index (χ3n) is 4.39. The minimum absolute atomic E-state index is 0.117. The Labute approximate surface area is 168 Å². The van der Waals surface area contributed by atoms with Crippen molar-refractivity contribution in [2.45, 2.75) is 6.42 Å². The SMILES string of the molecule is COc1cccc(C(=O)NCCc2ccccc2)c1NC(=O)c1ccccc1F. The summed E-state index contributed by atoms with van der Waals surface area (Å²) in [5.41, 5.74) is 1.42. The Hall–Kier alpha value is -3.67. The molecular formula is C23H21FN2O3. The molecule has 2 amide bonds. The number of anilines is 1. The molecule has 2 N–H and O–H groups in total. The molecule has 3 aromatic rings. The average Bonchev–Trinajstić information content (AvgIpc) is 2.74. The van der Waals surface area contributed by atoms with Gasteiger partial charge in [0.2, 0.25) is 0 Å². The van der Waals surface area contributed by atoms with E-state index in [0.29, 0.717) is 18.7 Å². The van der Waals surface area contributed by atoms with E-state index >= 15 is 0 Å². The first-order valence-corrected chi connectivity index (χ1v) is 9.15. The van der Waals surface area contributed by atoms with Gasteiger partial charge in [-0.2, -0.15) is 0 Å². The molecule has 0 spiro atoms. The number of hydrogen-bond acceptors (Lipinski definition) is 3. The van der Waals surface area contributed by atoms with E-state index in [1.807, 2.05) is 30.3 Å². The summed E-state index contributed by atoms with van der Waals surface area (Å²) in [7, 11) is 1.44. The highest BCUT2D eigenvalue weighted by molar-refractivity contribution is 6.10. The lowest BCUT2D eigenvalue weighted by atomic mass is 10.1. The van der Waals surface area contributed by atoms with Gasteiger partial charge in [0.15, 0.2) is 0 Å². The van der Waals surface area contributed by atoms with Crippen LogP contribution in [0.5, 0.6) is 5.75 Å². The molecule has 0 aliphatic heterocycles. The quantitative estimate of drug-likeness (QED) is 0.637. The van der Waals surface area contributed by atoms with Crippen LogP contribution in [0.2, 0.25) is 0 Å². The molecule has 0 saturated heterocycles. The van der Waals surface area contributed by atoms with E-state index < -0.39 is 11.7 Å². The van der Waals surface area contributed by atoms with Gasteiger partial charge in [-0.15, -0.1) is 0 Å². The van der Waals surface area contributed by atoms with Crippen molar-refractivity contribution in [2.24, 2.45) is 0 Å². The van der Waals surface area contributed by atoms with Crippen LogP contribution < -0.4 is 15.4 Å². The molecule has 3 aromatic carbocycles. The summed E-state index contributed by atoms with van der Waals surface area (Å²) in [4.78, 5) is 25.3. The number of methoxy groups -OCH3 is 1. The van der Waals surface area contributed by atoms with E-state index in [1.165, 1.54) is 25.3 Å². The van der Waals surface area contributed by atoms with E-state index in [-0.39, 0.29) is 22.7 Å². The molecule has 5 nitrogen and oxygen atoms in total. The van der Waals surface area contributed by atoms with Crippen LogP contribution in [0.25, 0.3) is 0 Å². The number of rotatable bonds is 7. The second-order valence-electron chi connectivity index (χ2n) is 6.31. The number of carbonyl (C=O) groups is 2. The van der Waals surface area contributed by atoms with E-state index in [0.717, 1.165) is 5.56 Å². The van der Waals surface area contributed by atoms with Gasteiger partial charge in [0.05, 0.1) is 23.9 Å². The van der Waals surface area contributed by atoms with Crippen LogP contribution >= 0.6 is 0 Å². The second kappa shape index (κ2) is 9.50. The average molecular weight is 392 g/mol. The van der Waals surface area contributed by atoms with Crippen LogP contribution in [0.15, 0.2) is 72.8 Å². The van der Waals surface area contributed by atoms with Crippen molar-refractivity contribution < 1.29 is 18.7 Å². The molecule has 0 atom stereocenters. The summed E-state index contributed by atoms with van der Waals surface area (Å²) in [5, 5.41) is 5.46. The van der Waals surface area contributed by atoms with E-state index in [9.17, 15) is 14.0 Å². The number of benzene rings is 3. The summed E-state index contributed by atoms with van der Waals surface area (Å²) in [6.45, 7) is 0.431. The minimum Gasteiger partial charge on any atom is -0.495 e. The van der Waals surface area contributed by atoms with Gasteiger partial charge in [0.25, 0.3) is 11.8 Å². The van der Waals surface area contributed by atoms with Crippen molar-refractivity contribution in [3.8, 4) is 5.75 Å². The van der Waals surface area contributed by atoms with Gasteiger partial charge in [0.1, 0.15) is 11.6 Å². The number of halogens is 1. The summed E-state index contributed by atoms with van der Waals surface area (Å²) in [5.74, 6) is -1.35. The monoisotopic (exact) mass is 392 g/mol. The molecule has 0 aliphatic carbocycles. The molecule has 0 fully saturated rings. The molecule has 3 rings (SSSR count). The number of ether oxygens (including phenoxy) is 1. The Balaban J connectivity index is 1.77. The number of carbonyl (C=O) groups excluding carboxylic acids is 2. The summed E-state index contributed by atoms with van der Waals surface area (Å²) >= 11 is 0. The number of para-hydroxylation sites is 1. The molecule has 0 radical (unpaired) electrons. The molecule has 0 bridgehead atoms. The van der Waals surface area contributed by atoms with Crippen molar-refractivity contribution >= 4 is 17.5 Å². The second-order valence-corrected chi connectivity index (χ2v) is 6.31. The summed E-state index contributed by atoms with van der Waals surface area (Å²) in [6.07, 6.45) is 0.674. The maximum Gasteiger partial charge on any atom is 0.258 e. The molecule has 0 saturated carbocycles. The number of amides is 2. The van der Waals surface area contributed by atoms with Crippen molar-refractivity contribution in [1.29, 1.82) is 0 Å². The topological polar surface area (TPSA) is 67.4 Å². The van der Waals surface area contributed by atoms with Gasteiger partial charge in [-0.1, -0.05) is 48.5 Å². The molecule has 0 aliphatic rings. The van der Waals surface area contributed by atoms with Gasteiger partial charge < -0.3 is 15.4 Å². The first kappa shape index (κ1) is 20.1. The molecule has 29 heavy (non-hydrogen) atoms. The lowest BCUT2D eigenvalue weighted by molar-refractivity contribution is 0.0954. The first-order valence-electron chi connectivity index (χ1n) is 9.15. The zero-order valence-electron chi connectivity index (χ0n) is 15.9. The van der Waals surface area contributed by atoms with Crippen molar-refractivity contribution in [3.05, 3.63) is 95.3 Å². The largest absolute Gasteiger partial charge is 0.495 e. The van der Waals surface area contributed by atoms with Crippen LogP contribution in [-0.4, -0.2) is 25.5 Å². The lowest BCUT2D eigenvalue weighted by Gasteiger charge is -2.15. The van der Waals surface area contributed by atoms with Crippen LogP contribution in [0.4, 0.5) is 10.1 Å². The standard InChI is InChI=1S/C23H21FN2O3/c1-29-20-13-7-11-18(22(27)25-15-14-16-8-3-2-4-9-16)21(20)26-23(28)17-10-5-6-12-19(17)24/h2-13H,14-15H2,1H3,(H,25,27)(H,26,28). The first-order chi connectivity index (χ1) is 14.1. The fourth-order valence-corrected chi connectivity index (χ4v) is 2.91. The zero-order valence-corrected chi connectivity index (χ0v) is 15.9. The van der Waals surface area contributed by atoms with Gasteiger partial charge in [-0.3, -0.25) is 9.59 Å². The number of nitrogens with one attached hydrogen (secondary N) is 2. The van der Waals surface area contributed by atoms with Gasteiger partial charge in [0, 0.05) is 6.54 Å². The molecule has 0 heterocycles. The highest BCUT2D eigenvalue weighted by Gasteiger charge is 2.19. The Bertz CT molecular complexity index is 1010. The predicted octanol–water partition coefficient (Wildman–Crippen LogP) is 4.06. The summed E-state index contributed by atoms with van der Waals surface area (Å²) in [6, 6.07) is 20.3. The third-order valence-corrected chi connectivity index (χ3v) is 4.39. The van der Waals surface area contributed by atoms with Crippen LogP contribution in [0.1, 0.15) is 26.3 Å². The smallest absolute Gasteiger partial charge is 0.258 e. The lowest BCUT2D eigenvalue weighted by Crippen LogP contribution is -2.27. The minimum atomic E-state index is -0.661. The predicted molar refractivity (Wildman–Crippen MR) is 110 cm³/mol. The van der Waals surface area contributed by atoms with Crippen molar-refractivity contribution in [3.63, 3.8) is 0 Å². The van der Waals surface area contributed by atoms with Crippen LogP contribution in [0, 0.1) is 5.82 Å². The van der Waals surface area contributed by atoms with Crippen LogP contribution in [0.3, 0.4) is 0 Å². The Morgan fingerprint density at radius 2 is 1.55 bits per heavy atom. The van der Waals surface area contributed by atoms with Gasteiger partial charge >= 0.3 is 0 Å².